The summed E-state index contributed by atoms with van der Waals surface area (Å²) >= 11 is 0. The van der Waals surface area contributed by atoms with Crippen LogP contribution in [0.25, 0.3) is 17.1 Å². The molecule has 4 rings (SSSR count). The summed E-state index contributed by atoms with van der Waals surface area (Å²) < 4.78 is 26.0. The zero-order valence-electron chi connectivity index (χ0n) is 19.2. The lowest BCUT2D eigenvalue weighted by Gasteiger charge is -2.11. The van der Waals surface area contributed by atoms with Crippen LogP contribution in [0.2, 0.25) is 0 Å². The van der Waals surface area contributed by atoms with E-state index < -0.39 is 0 Å². The van der Waals surface area contributed by atoms with E-state index in [2.05, 4.69) is 15.4 Å². The minimum atomic E-state index is -0.309. The standard InChI is InChI=1S/C26H25FN4O3/c1-17(2)25(32)28-21-7-5-8-22(15-21)31-24(19-6-4-9-23(14-19)33-3)29-26(30-31)34-16-18-10-12-20(27)13-11-18/h4-15,17H,16H2,1-3H3,(H,28,32). The second kappa shape index (κ2) is 10.2. The van der Waals surface area contributed by atoms with E-state index in [1.165, 1.54) is 12.1 Å². The fraction of sp³-hybridized carbons (Fsp3) is 0.192. The van der Waals surface area contributed by atoms with Gasteiger partial charge in [-0.3, -0.25) is 4.79 Å². The monoisotopic (exact) mass is 460 g/mol. The van der Waals surface area contributed by atoms with Crippen molar-refractivity contribution in [3.05, 3.63) is 84.2 Å². The summed E-state index contributed by atoms with van der Waals surface area (Å²) in [5.41, 5.74) is 2.92. The van der Waals surface area contributed by atoms with Crippen molar-refractivity contribution < 1.29 is 18.7 Å². The number of aromatic nitrogens is 3. The smallest absolute Gasteiger partial charge is 0.336 e. The highest BCUT2D eigenvalue weighted by Crippen LogP contribution is 2.28. The predicted octanol–water partition coefficient (Wildman–Crippen LogP) is 5.26. The number of rotatable bonds is 8. The molecule has 1 aromatic heterocycles. The molecule has 174 valence electrons. The largest absolute Gasteiger partial charge is 0.497 e. The molecule has 0 fully saturated rings. The number of hydrogen-bond donors (Lipinski definition) is 1. The highest BCUT2D eigenvalue weighted by Gasteiger charge is 2.17. The van der Waals surface area contributed by atoms with Crippen LogP contribution in [0, 0.1) is 11.7 Å². The number of carbonyl (C=O) groups excluding carboxylic acids is 1. The number of hydrogen-bond acceptors (Lipinski definition) is 5. The zero-order chi connectivity index (χ0) is 24.1. The third-order valence-electron chi connectivity index (χ3n) is 5.08. The maximum absolute atomic E-state index is 13.2. The summed E-state index contributed by atoms with van der Waals surface area (Å²) in [6.07, 6.45) is 0. The summed E-state index contributed by atoms with van der Waals surface area (Å²) in [6.45, 7) is 3.86. The third-order valence-corrected chi connectivity index (χ3v) is 5.08. The molecule has 0 aliphatic heterocycles. The van der Waals surface area contributed by atoms with Crippen molar-refractivity contribution in [1.29, 1.82) is 0 Å². The molecule has 0 aliphatic rings. The second-order valence-electron chi connectivity index (χ2n) is 7.97. The Labute approximate surface area is 197 Å². The molecule has 34 heavy (non-hydrogen) atoms. The molecular weight excluding hydrogens is 435 g/mol. The molecule has 1 N–H and O–H groups in total. The summed E-state index contributed by atoms with van der Waals surface area (Å²) in [5, 5.41) is 7.46. The van der Waals surface area contributed by atoms with Gasteiger partial charge in [-0.05, 0) is 48.0 Å². The van der Waals surface area contributed by atoms with Gasteiger partial charge in [-0.2, -0.15) is 4.98 Å². The minimum absolute atomic E-state index is 0.0768. The first-order valence-electron chi connectivity index (χ1n) is 10.8. The van der Waals surface area contributed by atoms with Gasteiger partial charge < -0.3 is 14.8 Å². The van der Waals surface area contributed by atoms with Crippen molar-refractivity contribution >= 4 is 11.6 Å². The van der Waals surface area contributed by atoms with Crippen LogP contribution in [0.15, 0.2) is 72.8 Å². The van der Waals surface area contributed by atoms with E-state index in [0.29, 0.717) is 22.9 Å². The zero-order valence-corrected chi connectivity index (χ0v) is 19.2. The Bertz CT molecular complexity index is 1290. The van der Waals surface area contributed by atoms with Crippen LogP contribution in [0.4, 0.5) is 10.1 Å². The van der Waals surface area contributed by atoms with Gasteiger partial charge in [0.25, 0.3) is 0 Å². The van der Waals surface area contributed by atoms with Crippen molar-refractivity contribution in [2.45, 2.75) is 20.5 Å². The lowest BCUT2D eigenvalue weighted by molar-refractivity contribution is -0.118. The van der Waals surface area contributed by atoms with Gasteiger partial charge in [0.1, 0.15) is 18.2 Å². The molecule has 7 nitrogen and oxygen atoms in total. The van der Waals surface area contributed by atoms with Gasteiger partial charge in [-0.25, -0.2) is 9.07 Å². The van der Waals surface area contributed by atoms with E-state index in [-0.39, 0.29) is 30.3 Å². The van der Waals surface area contributed by atoms with E-state index in [1.54, 1.807) is 23.9 Å². The number of nitrogens with one attached hydrogen (secondary N) is 1. The number of benzene rings is 3. The first kappa shape index (κ1) is 23.0. The van der Waals surface area contributed by atoms with Crippen molar-refractivity contribution in [1.82, 2.24) is 14.8 Å². The molecule has 0 spiro atoms. The normalized spacial score (nSPS) is 10.9. The molecule has 3 aromatic carbocycles. The fourth-order valence-corrected chi connectivity index (χ4v) is 3.21. The summed E-state index contributed by atoms with van der Waals surface area (Å²) in [4.78, 5) is 16.8. The van der Waals surface area contributed by atoms with Crippen LogP contribution in [-0.4, -0.2) is 27.8 Å². The minimum Gasteiger partial charge on any atom is -0.497 e. The number of halogens is 1. The maximum atomic E-state index is 13.2. The Hall–Kier alpha value is -4.20. The van der Waals surface area contributed by atoms with E-state index in [9.17, 15) is 9.18 Å². The molecular formula is C26H25FN4O3. The third kappa shape index (κ3) is 5.40. The predicted molar refractivity (Wildman–Crippen MR) is 128 cm³/mol. The molecule has 4 aromatic rings. The highest BCUT2D eigenvalue weighted by molar-refractivity contribution is 5.92. The van der Waals surface area contributed by atoms with Gasteiger partial charge in [0.05, 0.1) is 12.8 Å². The Kier molecular flexibility index (Phi) is 6.87. The van der Waals surface area contributed by atoms with E-state index in [0.717, 1.165) is 11.1 Å². The summed E-state index contributed by atoms with van der Waals surface area (Å²) in [6, 6.07) is 21.0. The van der Waals surface area contributed by atoms with Crippen LogP contribution in [0.3, 0.4) is 0 Å². The Morgan fingerprint density at radius 2 is 1.82 bits per heavy atom. The van der Waals surface area contributed by atoms with Gasteiger partial charge in [-0.1, -0.05) is 44.2 Å². The average Bonchev–Trinajstić information content (AvgIpc) is 3.28. The van der Waals surface area contributed by atoms with Crippen molar-refractivity contribution in [3.63, 3.8) is 0 Å². The molecule has 0 unspecified atom stereocenters. The topological polar surface area (TPSA) is 78.3 Å². The number of carbonyl (C=O) groups is 1. The number of amides is 1. The van der Waals surface area contributed by atoms with Crippen LogP contribution in [-0.2, 0) is 11.4 Å². The van der Waals surface area contributed by atoms with E-state index in [1.807, 2.05) is 62.4 Å². The van der Waals surface area contributed by atoms with Crippen LogP contribution < -0.4 is 14.8 Å². The lowest BCUT2D eigenvalue weighted by atomic mass is 10.2. The fourth-order valence-electron chi connectivity index (χ4n) is 3.21. The van der Waals surface area contributed by atoms with Gasteiger partial charge in [0.15, 0.2) is 5.82 Å². The summed E-state index contributed by atoms with van der Waals surface area (Å²) in [7, 11) is 1.60. The first-order valence-corrected chi connectivity index (χ1v) is 10.8. The Morgan fingerprint density at radius 1 is 1.06 bits per heavy atom. The molecule has 8 heteroatoms. The van der Waals surface area contributed by atoms with Crippen LogP contribution in [0.1, 0.15) is 19.4 Å². The number of ether oxygens (including phenoxy) is 2. The molecule has 0 saturated carbocycles. The maximum Gasteiger partial charge on any atom is 0.336 e. The molecule has 1 heterocycles. The second-order valence-corrected chi connectivity index (χ2v) is 7.97. The van der Waals surface area contributed by atoms with Crippen LogP contribution in [0.5, 0.6) is 11.8 Å². The van der Waals surface area contributed by atoms with Crippen molar-refractivity contribution in [2.75, 3.05) is 12.4 Å². The van der Waals surface area contributed by atoms with Gasteiger partial charge in [0, 0.05) is 17.2 Å². The average molecular weight is 461 g/mol. The molecule has 0 saturated heterocycles. The summed E-state index contributed by atoms with van der Waals surface area (Å²) in [5.74, 6) is 0.691. The number of anilines is 1. The quantitative estimate of drug-likeness (QED) is 0.388. The number of nitrogens with zero attached hydrogens (tertiary/aromatic N) is 3. The molecule has 0 radical (unpaired) electrons. The highest BCUT2D eigenvalue weighted by atomic mass is 19.1. The van der Waals surface area contributed by atoms with Crippen molar-refractivity contribution in [2.24, 2.45) is 5.92 Å². The van der Waals surface area contributed by atoms with Gasteiger partial charge in [-0.15, -0.1) is 5.10 Å². The SMILES string of the molecule is COc1cccc(-c2nc(OCc3ccc(F)cc3)nn2-c2cccc(NC(=O)C(C)C)c2)c1. The van der Waals surface area contributed by atoms with Crippen LogP contribution >= 0.6 is 0 Å². The Balaban J connectivity index is 1.69. The van der Waals surface area contributed by atoms with E-state index >= 15 is 0 Å². The van der Waals surface area contributed by atoms with Gasteiger partial charge >= 0.3 is 6.01 Å². The first-order chi connectivity index (χ1) is 16.4. The Morgan fingerprint density at radius 3 is 2.56 bits per heavy atom. The van der Waals surface area contributed by atoms with Gasteiger partial charge in [0.2, 0.25) is 5.91 Å². The lowest BCUT2D eigenvalue weighted by Crippen LogP contribution is -2.17. The molecule has 1 amide bonds. The molecule has 0 bridgehead atoms. The van der Waals surface area contributed by atoms with Crippen molar-refractivity contribution in [3.8, 4) is 28.8 Å². The number of methoxy groups -OCH3 is 1. The van der Waals surface area contributed by atoms with E-state index in [4.69, 9.17) is 9.47 Å². The molecule has 0 aliphatic carbocycles. The molecule has 0 atom stereocenters.